The van der Waals surface area contributed by atoms with Crippen molar-refractivity contribution in [2.24, 2.45) is 0 Å². The molecular formula is C9H12O3. The van der Waals surface area contributed by atoms with E-state index in [-0.39, 0.29) is 12.2 Å². The SMILES string of the molecule is C=C/C(=C\C=C(/C)O)CC(=O)O. The Balaban J connectivity index is 4.34. The van der Waals surface area contributed by atoms with Gasteiger partial charge < -0.3 is 10.2 Å². The van der Waals surface area contributed by atoms with Crippen molar-refractivity contribution in [3.05, 3.63) is 36.1 Å². The van der Waals surface area contributed by atoms with Gasteiger partial charge >= 0.3 is 5.97 Å². The van der Waals surface area contributed by atoms with Gasteiger partial charge in [0.1, 0.15) is 0 Å². The van der Waals surface area contributed by atoms with Crippen LogP contribution in [0.25, 0.3) is 0 Å². The van der Waals surface area contributed by atoms with Crippen LogP contribution in [0.4, 0.5) is 0 Å². The Bertz CT molecular complexity index is 232. The quantitative estimate of drug-likeness (QED) is 0.498. The van der Waals surface area contributed by atoms with Crippen LogP contribution in [-0.2, 0) is 4.79 Å². The van der Waals surface area contributed by atoms with E-state index in [0.29, 0.717) is 5.57 Å². The molecule has 0 aliphatic rings. The Kier molecular flexibility index (Phi) is 4.53. The zero-order valence-electron chi connectivity index (χ0n) is 6.95. The van der Waals surface area contributed by atoms with Crippen molar-refractivity contribution in [1.82, 2.24) is 0 Å². The molecule has 0 aliphatic carbocycles. The lowest BCUT2D eigenvalue weighted by Crippen LogP contribution is -1.94. The number of allylic oxidation sites excluding steroid dienone is 4. The average Bonchev–Trinajstić information content (AvgIpc) is 1.97. The van der Waals surface area contributed by atoms with Crippen molar-refractivity contribution < 1.29 is 15.0 Å². The highest BCUT2D eigenvalue weighted by Crippen LogP contribution is 2.03. The summed E-state index contributed by atoms with van der Waals surface area (Å²) in [5.41, 5.74) is 0.566. The molecule has 0 bridgehead atoms. The van der Waals surface area contributed by atoms with Gasteiger partial charge in [0.25, 0.3) is 0 Å². The largest absolute Gasteiger partial charge is 0.513 e. The van der Waals surface area contributed by atoms with Crippen molar-refractivity contribution in [2.45, 2.75) is 13.3 Å². The molecule has 0 aliphatic heterocycles. The van der Waals surface area contributed by atoms with Crippen LogP contribution >= 0.6 is 0 Å². The van der Waals surface area contributed by atoms with Gasteiger partial charge in [-0.1, -0.05) is 18.7 Å². The predicted molar refractivity (Wildman–Crippen MR) is 46.9 cm³/mol. The third-order valence-electron chi connectivity index (χ3n) is 1.16. The van der Waals surface area contributed by atoms with Gasteiger partial charge in [-0.05, 0) is 18.6 Å². The molecule has 0 spiro atoms. The van der Waals surface area contributed by atoms with Gasteiger partial charge in [0, 0.05) is 0 Å². The Labute approximate surface area is 71.3 Å². The number of aliphatic carboxylic acids is 1. The summed E-state index contributed by atoms with van der Waals surface area (Å²) in [6, 6.07) is 0. The smallest absolute Gasteiger partial charge is 0.307 e. The molecule has 3 heteroatoms. The number of carboxylic acid groups (broad SMARTS) is 1. The molecule has 3 nitrogen and oxygen atoms in total. The third kappa shape index (κ3) is 5.29. The number of carbonyl (C=O) groups is 1. The topological polar surface area (TPSA) is 57.5 Å². The molecule has 0 unspecified atom stereocenters. The zero-order chi connectivity index (χ0) is 9.56. The van der Waals surface area contributed by atoms with E-state index in [1.807, 2.05) is 0 Å². The van der Waals surface area contributed by atoms with Gasteiger partial charge in [-0.3, -0.25) is 4.79 Å². The van der Waals surface area contributed by atoms with Crippen molar-refractivity contribution in [3.8, 4) is 0 Å². The van der Waals surface area contributed by atoms with Crippen molar-refractivity contribution in [2.75, 3.05) is 0 Å². The second kappa shape index (κ2) is 5.18. The lowest BCUT2D eigenvalue weighted by atomic mass is 10.1. The molecule has 0 saturated heterocycles. The van der Waals surface area contributed by atoms with E-state index in [9.17, 15) is 4.79 Å². The summed E-state index contributed by atoms with van der Waals surface area (Å²) in [5, 5.41) is 17.2. The van der Waals surface area contributed by atoms with Crippen LogP contribution in [0.2, 0.25) is 0 Å². The molecule has 0 rings (SSSR count). The lowest BCUT2D eigenvalue weighted by Gasteiger charge is -1.94. The summed E-state index contributed by atoms with van der Waals surface area (Å²) in [4.78, 5) is 10.2. The summed E-state index contributed by atoms with van der Waals surface area (Å²) < 4.78 is 0. The Hall–Kier alpha value is -1.51. The molecule has 0 atom stereocenters. The monoisotopic (exact) mass is 168 g/mol. The summed E-state index contributed by atoms with van der Waals surface area (Å²) in [7, 11) is 0. The zero-order valence-corrected chi connectivity index (χ0v) is 6.95. The maximum atomic E-state index is 10.2. The molecular weight excluding hydrogens is 156 g/mol. The third-order valence-corrected chi connectivity index (χ3v) is 1.16. The molecule has 0 aromatic heterocycles. The summed E-state index contributed by atoms with van der Waals surface area (Å²) >= 11 is 0. The highest BCUT2D eigenvalue weighted by Gasteiger charge is 1.97. The molecule has 0 saturated carbocycles. The fraction of sp³-hybridized carbons (Fsp3) is 0.222. The average molecular weight is 168 g/mol. The van der Waals surface area contributed by atoms with Crippen molar-refractivity contribution >= 4 is 5.97 Å². The van der Waals surface area contributed by atoms with Crippen LogP contribution in [0.3, 0.4) is 0 Å². The summed E-state index contributed by atoms with van der Waals surface area (Å²) in [6.45, 7) is 4.96. The number of aliphatic hydroxyl groups excluding tert-OH is 1. The molecule has 0 aromatic rings. The van der Waals surface area contributed by atoms with E-state index in [4.69, 9.17) is 10.2 Å². The number of hydrogen-bond acceptors (Lipinski definition) is 2. The van der Waals surface area contributed by atoms with Gasteiger partial charge in [-0.2, -0.15) is 0 Å². The maximum absolute atomic E-state index is 10.2. The first-order valence-electron chi connectivity index (χ1n) is 3.47. The maximum Gasteiger partial charge on any atom is 0.307 e. The van der Waals surface area contributed by atoms with Gasteiger partial charge in [-0.25, -0.2) is 0 Å². The van der Waals surface area contributed by atoms with Crippen LogP contribution in [0, 0.1) is 0 Å². The number of rotatable bonds is 4. The Morgan fingerprint density at radius 1 is 1.42 bits per heavy atom. The summed E-state index contributed by atoms with van der Waals surface area (Å²) in [5.74, 6) is -0.773. The normalized spacial score (nSPS) is 12.8. The van der Waals surface area contributed by atoms with Gasteiger partial charge in [0.2, 0.25) is 0 Å². The van der Waals surface area contributed by atoms with Crippen LogP contribution < -0.4 is 0 Å². The van der Waals surface area contributed by atoms with Gasteiger partial charge in [0.05, 0.1) is 12.2 Å². The minimum atomic E-state index is -0.912. The van der Waals surface area contributed by atoms with Gasteiger partial charge in [-0.15, -0.1) is 0 Å². The second-order valence-corrected chi connectivity index (χ2v) is 2.32. The van der Waals surface area contributed by atoms with E-state index in [1.165, 1.54) is 25.2 Å². The van der Waals surface area contributed by atoms with Gasteiger partial charge in [0.15, 0.2) is 0 Å². The fourth-order valence-electron chi connectivity index (χ4n) is 0.601. The minimum Gasteiger partial charge on any atom is -0.513 e. The molecule has 0 radical (unpaired) electrons. The number of aliphatic hydroxyl groups is 1. The molecule has 12 heavy (non-hydrogen) atoms. The first-order valence-corrected chi connectivity index (χ1v) is 3.47. The molecule has 0 aromatic carbocycles. The Morgan fingerprint density at radius 3 is 2.33 bits per heavy atom. The van der Waals surface area contributed by atoms with Crippen LogP contribution in [0.1, 0.15) is 13.3 Å². The molecule has 0 heterocycles. The second-order valence-electron chi connectivity index (χ2n) is 2.32. The van der Waals surface area contributed by atoms with E-state index < -0.39 is 5.97 Å². The molecule has 0 fully saturated rings. The van der Waals surface area contributed by atoms with Crippen LogP contribution in [0.15, 0.2) is 36.1 Å². The first kappa shape index (κ1) is 10.5. The van der Waals surface area contributed by atoms with Crippen LogP contribution in [0.5, 0.6) is 0 Å². The summed E-state index contributed by atoms with van der Waals surface area (Å²) in [6.07, 6.45) is 4.33. The van der Waals surface area contributed by atoms with Crippen molar-refractivity contribution in [1.29, 1.82) is 0 Å². The highest BCUT2D eigenvalue weighted by molar-refractivity contribution is 5.71. The van der Waals surface area contributed by atoms with E-state index in [0.717, 1.165) is 0 Å². The number of hydrogen-bond donors (Lipinski definition) is 2. The first-order chi connectivity index (χ1) is 5.56. The number of carboxylic acids is 1. The predicted octanol–water partition coefficient (Wildman–Crippen LogP) is 2.04. The standard InChI is InChI=1S/C9H12O3/c1-3-8(6-9(11)12)5-4-7(2)10/h3-5,10H,1,6H2,2H3,(H,11,12)/b7-4+,8-5+. The van der Waals surface area contributed by atoms with E-state index in [2.05, 4.69) is 6.58 Å². The van der Waals surface area contributed by atoms with Crippen molar-refractivity contribution in [3.63, 3.8) is 0 Å². The lowest BCUT2D eigenvalue weighted by molar-refractivity contribution is -0.136. The molecule has 2 N–H and O–H groups in total. The fourth-order valence-corrected chi connectivity index (χ4v) is 0.601. The van der Waals surface area contributed by atoms with E-state index >= 15 is 0 Å². The minimum absolute atomic E-state index is 0.0761. The molecule has 0 amide bonds. The molecule has 66 valence electrons. The highest BCUT2D eigenvalue weighted by atomic mass is 16.4. The Morgan fingerprint density at radius 2 is 2.00 bits per heavy atom. The van der Waals surface area contributed by atoms with E-state index in [1.54, 1.807) is 0 Å². The van der Waals surface area contributed by atoms with Crippen LogP contribution in [-0.4, -0.2) is 16.2 Å².